The summed E-state index contributed by atoms with van der Waals surface area (Å²) < 4.78 is 17.2. The summed E-state index contributed by atoms with van der Waals surface area (Å²) in [6, 6.07) is 10.5. The van der Waals surface area contributed by atoms with Crippen molar-refractivity contribution in [1.29, 1.82) is 0 Å². The number of piperazine rings is 1. The van der Waals surface area contributed by atoms with E-state index in [0.717, 1.165) is 5.56 Å². The Morgan fingerprint density at radius 2 is 1.82 bits per heavy atom. The van der Waals surface area contributed by atoms with Gasteiger partial charge in [-0.2, -0.15) is 0 Å². The molecule has 33 heavy (non-hydrogen) atoms. The van der Waals surface area contributed by atoms with Crippen LogP contribution in [0.2, 0.25) is 0 Å². The van der Waals surface area contributed by atoms with Gasteiger partial charge in [0.1, 0.15) is 36.8 Å². The fourth-order valence-electron chi connectivity index (χ4n) is 3.56. The van der Waals surface area contributed by atoms with Crippen LogP contribution in [0, 0.1) is 6.92 Å². The number of carbonyl (C=O) groups excluding carboxylic acids is 2. The monoisotopic (exact) mass is 455 g/mol. The molecule has 0 aliphatic carbocycles. The number of anilines is 1. The summed E-state index contributed by atoms with van der Waals surface area (Å²) in [5.41, 5.74) is 11.2. The second kappa shape index (κ2) is 11.2. The van der Waals surface area contributed by atoms with Crippen molar-refractivity contribution in [2.75, 3.05) is 44.8 Å². The van der Waals surface area contributed by atoms with Crippen LogP contribution in [0.4, 0.5) is 16.3 Å². The number of benzene rings is 1. The number of nitrogens with zero attached hydrogens (tertiary/aromatic N) is 6. The highest BCUT2D eigenvalue weighted by Gasteiger charge is 2.30. The van der Waals surface area contributed by atoms with E-state index in [0.29, 0.717) is 49.1 Å². The molecule has 0 spiro atoms. The predicted octanol–water partition coefficient (Wildman–Crippen LogP) is 2.77. The van der Waals surface area contributed by atoms with Crippen molar-refractivity contribution in [3.8, 4) is 5.75 Å². The molecule has 0 unspecified atom stereocenters. The number of azide groups is 1. The maximum Gasteiger partial charge on any atom is 0.514 e. The van der Waals surface area contributed by atoms with Gasteiger partial charge in [0.05, 0.1) is 20.1 Å². The van der Waals surface area contributed by atoms with Gasteiger partial charge >= 0.3 is 6.16 Å². The van der Waals surface area contributed by atoms with Crippen molar-refractivity contribution < 1.29 is 28.4 Å². The summed E-state index contributed by atoms with van der Waals surface area (Å²) in [4.78, 5) is 30.9. The molecule has 1 fully saturated rings. The number of aromatic nitrogens is 1. The SMILES string of the molecule is COCC(=O)N1CCN(c2c(N=[N+]=[N-])ccc(COC(=O)Oc3ccc(C)cc3)[n+]2C)CC1. The molecule has 1 saturated heterocycles. The Morgan fingerprint density at radius 3 is 2.45 bits per heavy atom. The van der Waals surface area contributed by atoms with Crippen LogP contribution >= 0.6 is 0 Å². The lowest BCUT2D eigenvalue weighted by Crippen LogP contribution is -2.53. The largest absolute Gasteiger partial charge is 0.514 e. The van der Waals surface area contributed by atoms with Gasteiger partial charge in [0.25, 0.3) is 5.82 Å². The number of carbonyl (C=O) groups is 2. The van der Waals surface area contributed by atoms with Crippen molar-refractivity contribution in [1.82, 2.24) is 4.90 Å². The summed E-state index contributed by atoms with van der Waals surface area (Å²) in [6.07, 6.45) is -0.815. The minimum Gasteiger partial charge on any atom is -0.425 e. The summed E-state index contributed by atoms with van der Waals surface area (Å²) in [7, 11) is 3.29. The molecule has 0 atom stereocenters. The van der Waals surface area contributed by atoms with Gasteiger partial charge in [-0.1, -0.05) is 22.8 Å². The number of hydrogen-bond donors (Lipinski definition) is 0. The van der Waals surface area contributed by atoms with Gasteiger partial charge in [-0.3, -0.25) is 9.69 Å². The van der Waals surface area contributed by atoms with Crippen LogP contribution in [0.5, 0.6) is 5.75 Å². The van der Waals surface area contributed by atoms with Crippen molar-refractivity contribution >= 4 is 23.6 Å². The molecular weight excluding hydrogens is 428 g/mol. The van der Waals surface area contributed by atoms with Crippen molar-refractivity contribution in [2.24, 2.45) is 12.2 Å². The molecule has 3 rings (SSSR count). The molecular formula is C22H27N6O5+. The van der Waals surface area contributed by atoms with Crippen LogP contribution in [-0.2, 0) is 27.9 Å². The smallest absolute Gasteiger partial charge is 0.425 e. The molecule has 11 nitrogen and oxygen atoms in total. The lowest BCUT2D eigenvalue weighted by molar-refractivity contribution is -0.668. The van der Waals surface area contributed by atoms with E-state index in [1.165, 1.54) is 7.11 Å². The Labute approximate surface area is 191 Å². The third-order valence-corrected chi connectivity index (χ3v) is 5.32. The van der Waals surface area contributed by atoms with Gasteiger partial charge in [0, 0.05) is 12.0 Å². The van der Waals surface area contributed by atoms with E-state index in [2.05, 4.69) is 10.0 Å². The minimum atomic E-state index is -0.815. The molecule has 0 radical (unpaired) electrons. The van der Waals surface area contributed by atoms with E-state index in [-0.39, 0.29) is 19.1 Å². The Balaban J connectivity index is 1.71. The minimum absolute atomic E-state index is 0.0307. The summed E-state index contributed by atoms with van der Waals surface area (Å²) in [6.45, 7) is 4.09. The highest BCUT2D eigenvalue weighted by molar-refractivity contribution is 5.77. The first-order valence-corrected chi connectivity index (χ1v) is 10.4. The second-order valence-electron chi connectivity index (χ2n) is 7.54. The Morgan fingerprint density at radius 1 is 1.12 bits per heavy atom. The fourth-order valence-corrected chi connectivity index (χ4v) is 3.56. The number of aryl methyl sites for hydroxylation is 1. The number of rotatable bonds is 7. The van der Waals surface area contributed by atoms with Gasteiger partial charge in [-0.15, -0.1) is 0 Å². The zero-order valence-electron chi connectivity index (χ0n) is 18.9. The molecule has 2 aromatic rings. The van der Waals surface area contributed by atoms with Crippen molar-refractivity contribution in [3.63, 3.8) is 0 Å². The highest BCUT2D eigenvalue weighted by Crippen LogP contribution is 2.27. The van der Waals surface area contributed by atoms with E-state index in [9.17, 15) is 9.59 Å². The molecule has 1 aliphatic rings. The van der Waals surface area contributed by atoms with Crippen LogP contribution in [0.25, 0.3) is 10.4 Å². The summed E-state index contributed by atoms with van der Waals surface area (Å²) >= 11 is 0. The standard InChI is InChI=1S/C22H27N6O5/c1-16-4-7-18(8-5-16)33-22(30)32-14-17-6-9-19(24-25-23)21(26(17)2)28-12-10-27(11-13-28)20(29)15-31-3/h4-9H,10-15H2,1-3H3/q+1. The molecule has 1 aromatic heterocycles. The van der Waals surface area contributed by atoms with Gasteiger partial charge < -0.3 is 19.1 Å². The maximum absolute atomic E-state index is 12.1. The van der Waals surface area contributed by atoms with Crippen LogP contribution in [0.3, 0.4) is 0 Å². The zero-order chi connectivity index (χ0) is 23.8. The van der Waals surface area contributed by atoms with Crippen molar-refractivity contribution in [2.45, 2.75) is 13.5 Å². The molecule has 1 aromatic carbocycles. The lowest BCUT2D eigenvalue weighted by atomic mass is 10.2. The first kappa shape index (κ1) is 23.8. The number of amides is 1. The first-order valence-electron chi connectivity index (χ1n) is 10.4. The quantitative estimate of drug-likeness (QED) is 0.158. The number of pyridine rings is 1. The molecule has 11 heteroatoms. The van der Waals surface area contributed by atoms with Crippen molar-refractivity contribution in [3.05, 3.63) is 58.1 Å². The van der Waals surface area contributed by atoms with E-state index in [1.807, 2.05) is 28.5 Å². The van der Waals surface area contributed by atoms with Gasteiger partial charge in [0.2, 0.25) is 5.91 Å². The highest BCUT2D eigenvalue weighted by atomic mass is 16.7. The molecule has 2 heterocycles. The normalized spacial score (nSPS) is 13.3. The van der Waals surface area contributed by atoms with E-state index >= 15 is 0 Å². The third-order valence-electron chi connectivity index (χ3n) is 5.32. The first-order chi connectivity index (χ1) is 15.9. The van der Waals surface area contributed by atoms with Crippen LogP contribution in [0.1, 0.15) is 11.3 Å². The fraction of sp³-hybridized carbons (Fsp3) is 0.409. The Hall–Kier alpha value is -3.82. The predicted molar refractivity (Wildman–Crippen MR) is 119 cm³/mol. The average Bonchev–Trinajstić information content (AvgIpc) is 2.81. The second-order valence-corrected chi connectivity index (χ2v) is 7.54. The van der Waals surface area contributed by atoms with Gasteiger partial charge in [-0.25, -0.2) is 9.36 Å². The molecule has 1 aliphatic heterocycles. The van der Waals surface area contributed by atoms with Crippen LogP contribution < -0.4 is 14.2 Å². The van der Waals surface area contributed by atoms with Gasteiger partial charge in [0.15, 0.2) is 6.61 Å². The molecule has 0 saturated carbocycles. The molecule has 0 N–H and O–H groups in total. The average molecular weight is 455 g/mol. The molecule has 1 amide bonds. The van der Waals surface area contributed by atoms with Crippen LogP contribution in [0.15, 0.2) is 41.5 Å². The van der Waals surface area contributed by atoms with Crippen LogP contribution in [-0.4, -0.2) is 56.9 Å². The maximum atomic E-state index is 12.1. The zero-order valence-corrected chi connectivity index (χ0v) is 18.9. The topological polar surface area (TPSA) is 121 Å². The van der Waals surface area contributed by atoms with E-state index < -0.39 is 6.16 Å². The summed E-state index contributed by atoms with van der Waals surface area (Å²) in [5, 5.41) is 3.81. The van der Waals surface area contributed by atoms with E-state index in [4.69, 9.17) is 19.7 Å². The molecule has 174 valence electrons. The Kier molecular flexibility index (Phi) is 8.06. The van der Waals surface area contributed by atoms with E-state index in [1.54, 1.807) is 36.2 Å². The third kappa shape index (κ3) is 6.12. The van der Waals surface area contributed by atoms with Gasteiger partial charge in [-0.05, 0) is 36.7 Å². The Bertz CT molecular complexity index is 1040. The summed E-state index contributed by atoms with van der Waals surface area (Å²) in [5.74, 6) is 1.01. The number of hydrogen-bond acceptors (Lipinski definition) is 7. The number of methoxy groups -OCH3 is 1. The lowest BCUT2D eigenvalue weighted by Gasteiger charge is -2.32. The molecule has 0 bridgehead atoms. The number of ether oxygens (including phenoxy) is 3.